The molecule has 0 aliphatic heterocycles. The molecule has 0 amide bonds. The number of thioether (sulfide) groups is 1. The number of nitrogens with zero attached hydrogens (tertiary/aromatic N) is 2. The third-order valence-corrected chi connectivity index (χ3v) is 5.55. The van der Waals surface area contributed by atoms with Crippen LogP contribution in [0.4, 0.5) is 0 Å². The van der Waals surface area contributed by atoms with E-state index in [9.17, 15) is 5.11 Å². The zero-order valence-corrected chi connectivity index (χ0v) is 11.3. The standard InChI is InChI=1S/C11H17N3OS2/c15-5-11(8-1-2-8,14-9-3-4-9)6-16-10-12-7-13-17-10/h7-9,14-15H,1-6H2. The average Bonchev–Trinajstić information content (AvgIpc) is 3.26. The predicted octanol–water partition coefficient (Wildman–Crippen LogP) is 1.52. The van der Waals surface area contributed by atoms with Crippen LogP contribution in [-0.2, 0) is 0 Å². The molecule has 0 spiro atoms. The number of aliphatic hydroxyl groups is 1. The molecule has 1 aromatic heterocycles. The molecule has 1 aromatic rings. The van der Waals surface area contributed by atoms with Gasteiger partial charge in [-0.2, -0.15) is 4.37 Å². The van der Waals surface area contributed by atoms with Crippen molar-refractivity contribution in [3.8, 4) is 0 Å². The van der Waals surface area contributed by atoms with Gasteiger partial charge >= 0.3 is 0 Å². The monoisotopic (exact) mass is 271 g/mol. The highest BCUT2D eigenvalue weighted by Gasteiger charge is 2.47. The first kappa shape index (κ1) is 11.9. The lowest BCUT2D eigenvalue weighted by Crippen LogP contribution is -2.53. The van der Waals surface area contributed by atoms with Crippen LogP contribution in [0.15, 0.2) is 10.7 Å². The van der Waals surface area contributed by atoms with E-state index in [1.165, 1.54) is 37.2 Å². The molecule has 2 N–H and O–H groups in total. The van der Waals surface area contributed by atoms with Crippen LogP contribution < -0.4 is 5.32 Å². The molecule has 2 saturated carbocycles. The first-order valence-corrected chi connectivity index (χ1v) is 7.86. The molecule has 1 atom stereocenters. The lowest BCUT2D eigenvalue weighted by Gasteiger charge is -2.33. The van der Waals surface area contributed by atoms with Crippen molar-refractivity contribution >= 4 is 23.3 Å². The maximum Gasteiger partial charge on any atom is 0.169 e. The highest BCUT2D eigenvalue weighted by atomic mass is 32.2. The Labute approximate surface area is 109 Å². The summed E-state index contributed by atoms with van der Waals surface area (Å²) in [5.41, 5.74) is -0.0858. The molecule has 2 aliphatic rings. The SMILES string of the molecule is OCC(CSc1ncns1)(NC1CC1)C1CC1. The summed E-state index contributed by atoms with van der Waals surface area (Å²) in [4.78, 5) is 4.19. The van der Waals surface area contributed by atoms with Crippen LogP contribution in [-0.4, -0.2) is 38.4 Å². The number of aliphatic hydroxyl groups excluding tert-OH is 1. The topological polar surface area (TPSA) is 58.0 Å². The molecule has 0 saturated heterocycles. The zero-order valence-electron chi connectivity index (χ0n) is 9.63. The molecule has 3 rings (SSSR count). The highest BCUT2D eigenvalue weighted by molar-refractivity contribution is 8.01. The van der Waals surface area contributed by atoms with Crippen LogP contribution in [0, 0.1) is 5.92 Å². The predicted molar refractivity (Wildman–Crippen MR) is 69.3 cm³/mol. The molecule has 1 unspecified atom stereocenters. The van der Waals surface area contributed by atoms with Crippen LogP contribution >= 0.6 is 23.3 Å². The fourth-order valence-electron chi connectivity index (χ4n) is 2.18. The molecular formula is C11H17N3OS2. The van der Waals surface area contributed by atoms with Crippen LogP contribution in [0.1, 0.15) is 25.7 Å². The van der Waals surface area contributed by atoms with Gasteiger partial charge in [0.2, 0.25) is 0 Å². The molecule has 0 radical (unpaired) electrons. The number of rotatable bonds is 7. The minimum absolute atomic E-state index is 0.0858. The molecule has 0 aromatic carbocycles. The average molecular weight is 271 g/mol. The van der Waals surface area contributed by atoms with E-state index in [2.05, 4.69) is 14.7 Å². The summed E-state index contributed by atoms with van der Waals surface area (Å²) >= 11 is 3.15. The van der Waals surface area contributed by atoms with Gasteiger partial charge in [0.1, 0.15) is 6.33 Å². The van der Waals surface area contributed by atoms with Gasteiger partial charge in [0.05, 0.1) is 12.1 Å². The Balaban J connectivity index is 1.64. The molecule has 94 valence electrons. The first-order valence-electron chi connectivity index (χ1n) is 6.10. The molecule has 4 nitrogen and oxygen atoms in total. The van der Waals surface area contributed by atoms with E-state index < -0.39 is 0 Å². The van der Waals surface area contributed by atoms with Crippen LogP contribution in [0.3, 0.4) is 0 Å². The Morgan fingerprint density at radius 3 is 2.82 bits per heavy atom. The number of hydrogen-bond acceptors (Lipinski definition) is 6. The Kier molecular flexibility index (Phi) is 3.38. The van der Waals surface area contributed by atoms with Crippen molar-refractivity contribution in [2.45, 2.75) is 41.6 Å². The van der Waals surface area contributed by atoms with Crippen LogP contribution in [0.2, 0.25) is 0 Å². The summed E-state index contributed by atoms with van der Waals surface area (Å²) in [5.74, 6) is 1.55. The minimum Gasteiger partial charge on any atom is -0.394 e. The summed E-state index contributed by atoms with van der Waals surface area (Å²) in [6.07, 6.45) is 6.61. The van der Waals surface area contributed by atoms with Gasteiger partial charge in [0.25, 0.3) is 0 Å². The van der Waals surface area contributed by atoms with Gasteiger partial charge in [-0.05, 0) is 43.1 Å². The van der Waals surface area contributed by atoms with E-state index in [0.29, 0.717) is 12.0 Å². The molecule has 0 bridgehead atoms. The van der Waals surface area contributed by atoms with E-state index in [1.54, 1.807) is 18.1 Å². The zero-order chi connectivity index (χ0) is 11.7. The van der Waals surface area contributed by atoms with Gasteiger partial charge in [-0.3, -0.25) is 0 Å². The van der Waals surface area contributed by atoms with Gasteiger partial charge in [-0.25, -0.2) is 4.98 Å². The number of nitrogens with one attached hydrogen (secondary N) is 1. The number of hydrogen-bond donors (Lipinski definition) is 2. The molecule has 17 heavy (non-hydrogen) atoms. The molecule has 2 aliphatic carbocycles. The second-order valence-corrected chi connectivity index (χ2v) is 7.01. The van der Waals surface area contributed by atoms with Crippen molar-refractivity contribution in [3.63, 3.8) is 0 Å². The van der Waals surface area contributed by atoms with Gasteiger partial charge < -0.3 is 10.4 Å². The molecule has 6 heteroatoms. The number of aromatic nitrogens is 2. The summed E-state index contributed by atoms with van der Waals surface area (Å²) in [6.45, 7) is 0.236. The van der Waals surface area contributed by atoms with Gasteiger partial charge in [0.15, 0.2) is 4.34 Å². The normalized spacial score (nSPS) is 23.6. The van der Waals surface area contributed by atoms with E-state index in [-0.39, 0.29) is 12.1 Å². The highest BCUT2D eigenvalue weighted by Crippen LogP contribution is 2.43. The van der Waals surface area contributed by atoms with Gasteiger partial charge in [0, 0.05) is 11.8 Å². The third kappa shape index (κ3) is 2.81. The Morgan fingerprint density at radius 2 is 2.29 bits per heavy atom. The van der Waals surface area contributed by atoms with E-state index >= 15 is 0 Å². The lowest BCUT2D eigenvalue weighted by atomic mass is 9.96. The second-order valence-electron chi connectivity index (χ2n) is 5.00. The summed E-state index contributed by atoms with van der Waals surface area (Å²) in [5, 5.41) is 13.4. The van der Waals surface area contributed by atoms with Crippen molar-refractivity contribution in [1.82, 2.24) is 14.7 Å². The summed E-state index contributed by atoms with van der Waals surface area (Å²) in [7, 11) is 0. The summed E-state index contributed by atoms with van der Waals surface area (Å²) in [6, 6.07) is 0.637. The van der Waals surface area contributed by atoms with Crippen molar-refractivity contribution in [3.05, 3.63) is 6.33 Å². The Morgan fingerprint density at radius 1 is 1.47 bits per heavy atom. The van der Waals surface area contributed by atoms with Crippen molar-refractivity contribution < 1.29 is 5.11 Å². The second kappa shape index (κ2) is 4.84. The van der Waals surface area contributed by atoms with E-state index in [0.717, 1.165) is 10.1 Å². The fraction of sp³-hybridized carbons (Fsp3) is 0.818. The third-order valence-electron chi connectivity index (χ3n) is 3.50. The van der Waals surface area contributed by atoms with Crippen LogP contribution in [0.25, 0.3) is 0 Å². The molecule has 2 fully saturated rings. The van der Waals surface area contributed by atoms with Crippen LogP contribution in [0.5, 0.6) is 0 Å². The van der Waals surface area contributed by atoms with Gasteiger partial charge in [-0.1, -0.05) is 11.8 Å². The molecule has 1 heterocycles. The maximum absolute atomic E-state index is 9.78. The Hall–Kier alpha value is -0.170. The van der Waals surface area contributed by atoms with Crippen molar-refractivity contribution in [2.75, 3.05) is 12.4 Å². The van der Waals surface area contributed by atoms with E-state index in [1.807, 2.05) is 0 Å². The van der Waals surface area contributed by atoms with Gasteiger partial charge in [-0.15, -0.1) is 0 Å². The smallest absolute Gasteiger partial charge is 0.169 e. The minimum atomic E-state index is -0.0858. The fourth-order valence-corrected chi connectivity index (χ4v) is 3.89. The largest absolute Gasteiger partial charge is 0.394 e. The Bertz CT molecular complexity index is 365. The first-order chi connectivity index (χ1) is 8.32. The summed E-state index contributed by atoms with van der Waals surface area (Å²) < 4.78 is 5.01. The van der Waals surface area contributed by atoms with Crippen molar-refractivity contribution in [2.24, 2.45) is 5.92 Å². The van der Waals surface area contributed by atoms with E-state index in [4.69, 9.17) is 0 Å². The van der Waals surface area contributed by atoms with Crippen molar-refractivity contribution in [1.29, 1.82) is 0 Å². The maximum atomic E-state index is 9.78. The quantitative estimate of drug-likeness (QED) is 0.736. The lowest BCUT2D eigenvalue weighted by molar-refractivity contribution is 0.157. The molecular weight excluding hydrogens is 254 g/mol.